The molecule has 0 aliphatic carbocycles. The molecule has 2 aromatic rings. The van der Waals surface area contributed by atoms with Crippen LogP contribution in [-0.2, 0) is 10.3 Å². The molecule has 1 amide bonds. The quantitative estimate of drug-likeness (QED) is 0.686. The zero-order valence-electron chi connectivity index (χ0n) is 15.5. The Bertz CT molecular complexity index is 847. The molecular weight excluding hydrogens is 379 g/mol. The highest BCUT2D eigenvalue weighted by atomic mass is 32.1. The van der Waals surface area contributed by atoms with E-state index in [0.717, 1.165) is 0 Å². The topological polar surface area (TPSA) is 70.6 Å². The average Bonchev–Trinajstić information content (AvgIpc) is 2.69. The molecule has 28 heavy (non-hydrogen) atoms. The predicted molar refractivity (Wildman–Crippen MR) is 108 cm³/mol. The molecule has 5 nitrogen and oxygen atoms in total. The predicted octanol–water partition coefficient (Wildman–Crippen LogP) is 2.74. The van der Waals surface area contributed by atoms with E-state index in [1.807, 2.05) is 6.07 Å². The molecule has 7 heteroatoms. The van der Waals surface area contributed by atoms with Gasteiger partial charge < -0.3 is 15.2 Å². The molecule has 1 fully saturated rings. The fraction of sp³-hybridized carbons (Fsp3) is 0.333. The number of halogens is 1. The van der Waals surface area contributed by atoms with Crippen LogP contribution in [0.2, 0.25) is 0 Å². The third-order valence-electron chi connectivity index (χ3n) is 5.07. The minimum atomic E-state index is -1.10. The van der Waals surface area contributed by atoms with Crippen molar-refractivity contribution >= 4 is 23.2 Å². The van der Waals surface area contributed by atoms with Crippen LogP contribution in [0, 0.1) is 11.7 Å². The second-order valence-electron chi connectivity index (χ2n) is 6.91. The van der Waals surface area contributed by atoms with Crippen molar-refractivity contribution in [1.82, 2.24) is 10.6 Å². The molecule has 2 aromatic carbocycles. The lowest BCUT2D eigenvalue weighted by molar-refractivity contribution is -0.0589. The number of hydrogen-bond acceptors (Lipinski definition) is 4. The number of rotatable bonds is 4. The van der Waals surface area contributed by atoms with Gasteiger partial charge in [-0.25, -0.2) is 4.39 Å². The summed E-state index contributed by atoms with van der Waals surface area (Å²) in [5, 5.41) is 16.2. The van der Waals surface area contributed by atoms with Gasteiger partial charge in [-0.05, 0) is 43.8 Å². The molecule has 0 saturated carbocycles. The van der Waals surface area contributed by atoms with Crippen molar-refractivity contribution in [3.05, 3.63) is 71.5 Å². The maximum absolute atomic E-state index is 14.7. The number of benzene rings is 2. The molecule has 0 aromatic heterocycles. The monoisotopic (exact) mass is 402 g/mol. The molecule has 3 rings (SSSR count). The maximum atomic E-state index is 14.7. The molecule has 0 spiro atoms. The van der Waals surface area contributed by atoms with Gasteiger partial charge in [0.1, 0.15) is 5.82 Å². The number of thiocarbonyl (C=S) groups is 1. The zero-order chi connectivity index (χ0) is 20.1. The first kappa shape index (κ1) is 20.4. The largest absolute Gasteiger partial charge is 0.393 e. The highest BCUT2D eigenvalue weighted by Crippen LogP contribution is 2.39. The SMILES string of the molecule is CC(O)[C@@H]1CCOC[C@@]1(NC(=S)NC(=O)c1ccccc1)c1ccccc1F. The van der Waals surface area contributed by atoms with Crippen LogP contribution in [0.5, 0.6) is 0 Å². The van der Waals surface area contributed by atoms with Crippen molar-refractivity contribution in [3.63, 3.8) is 0 Å². The standard InChI is InChI=1S/C21H23FN2O3S/c1-14(25)16-11-12-27-13-21(16,17-9-5-6-10-18(17)22)24-20(28)23-19(26)15-7-3-2-4-8-15/h2-10,14,16,25H,11-13H2,1H3,(H2,23,24,26,28)/t14?,16-,21-/m0/s1. The van der Waals surface area contributed by atoms with Crippen molar-refractivity contribution in [1.29, 1.82) is 0 Å². The van der Waals surface area contributed by atoms with E-state index in [2.05, 4.69) is 10.6 Å². The van der Waals surface area contributed by atoms with E-state index in [4.69, 9.17) is 17.0 Å². The van der Waals surface area contributed by atoms with E-state index in [0.29, 0.717) is 24.2 Å². The Morgan fingerprint density at radius 1 is 1.25 bits per heavy atom. The Balaban J connectivity index is 1.90. The lowest BCUT2D eigenvalue weighted by Crippen LogP contribution is -2.61. The molecule has 1 aliphatic rings. The van der Waals surface area contributed by atoms with E-state index in [1.54, 1.807) is 49.4 Å². The smallest absolute Gasteiger partial charge is 0.257 e. The summed E-state index contributed by atoms with van der Waals surface area (Å²) in [7, 11) is 0. The molecule has 1 aliphatic heterocycles. The Kier molecular flexibility index (Phi) is 6.39. The van der Waals surface area contributed by atoms with Crippen LogP contribution in [0.15, 0.2) is 54.6 Å². The molecule has 3 atom stereocenters. The van der Waals surface area contributed by atoms with Crippen LogP contribution >= 0.6 is 12.2 Å². The van der Waals surface area contributed by atoms with Crippen LogP contribution < -0.4 is 10.6 Å². The summed E-state index contributed by atoms with van der Waals surface area (Å²) in [5.41, 5.74) is -0.297. The van der Waals surface area contributed by atoms with Gasteiger partial charge >= 0.3 is 0 Å². The van der Waals surface area contributed by atoms with Gasteiger partial charge in [0.25, 0.3) is 5.91 Å². The van der Waals surface area contributed by atoms with Gasteiger partial charge in [0, 0.05) is 23.7 Å². The summed E-state index contributed by atoms with van der Waals surface area (Å²) >= 11 is 5.36. The molecule has 3 N–H and O–H groups in total. The van der Waals surface area contributed by atoms with Gasteiger partial charge in [-0.1, -0.05) is 36.4 Å². The molecule has 1 saturated heterocycles. The average molecular weight is 402 g/mol. The van der Waals surface area contributed by atoms with Gasteiger partial charge in [-0.3, -0.25) is 10.1 Å². The molecular formula is C21H23FN2O3S. The maximum Gasteiger partial charge on any atom is 0.257 e. The van der Waals surface area contributed by atoms with Crippen LogP contribution in [0.4, 0.5) is 4.39 Å². The number of carbonyl (C=O) groups excluding carboxylic acids is 1. The highest BCUT2D eigenvalue weighted by molar-refractivity contribution is 7.80. The Morgan fingerprint density at radius 3 is 2.61 bits per heavy atom. The number of nitrogens with one attached hydrogen (secondary N) is 2. The number of hydrogen-bond donors (Lipinski definition) is 3. The van der Waals surface area contributed by atoms with Crippen molar-refractivity contribution in [3.8, 4) is 0 Å². The second kappa shape index (κ2) is 8.77. The fourth-order valence-electron chi connectivity index (χ4n) is 3.75. The van der Waals surface area contributed by atoms with E-state index in [-0.39, 0.29) is 23.5 Å². The highest BCUT2D eigenvalue weighted by Gasteiger charge is 2.47. The van der Waals surface area contributed by atoms with Gasteiger partial charge in [-0.2, -0.15) is 0 Å². The summed E-state index contributed by atoms with van der Waals surface area (Å²) < 4.78 is 20.4. The van der Waals surface area contributed by atoms with Crippen molar-refractivity contribution in [2.45, 2.75) is 25.0 Å². The first-order chi connectivity index (χ1) is 13.4. The lowest BCUT2D eigenvalue weighted by Gasteiger charge is -2.46. The lowest BCUT2D eigenvalue weighted by atomic mass is 9.73. The molecule has 148 valence electrons. The molecule has 1 unspecified atom stereocenters. The number of aliphatic hydroxyl groups is 1. The van der Waals surface area contributed by atoms with Gasteiger partial charge in [0.2, 0.25) is 0 Å². The van der Waals surface area contributed by atoms with Crippen LogP contribution in [0.1, 0.15) is 29.3 Å². The Labute approximate surface area is 168 Å². The normalized spacial score (nSPS) is 22.9. The van der Waals surface area contributed by atoms with Crippen molar-refractivity contribution in [2.24, 2.45) is 5.92 Å². The summed E-state index contributed by atoms with van der Waals surface area (Å²) in [5.74, 6) is -1.15. The number of aliphatic hydroxyl groups excluding tert-OH is 1. The van der Waals surface area contributed by atoms with Crippen LogP contribution in [0.25, 0.3) is 0 Å². The van der Waals surface area contributed by atoms with E-state index in [1.165, 1.54) is 6.07 Å². The van der Waals surface area contributed by atoms with E-state index >= 15 is 0 Å². The number of carbonyl (C=O) groups is 1. The zero-order valence-corrected chi connectivity index (χ0v) is 16.3. The minimum Gasteiger partial charge on any atom is -0.393 e. The van der Waals surface area contributed by atoms with E-state index < -0.39 is 17.5 Å². The molecule has 1 heterocycles. The second-order valence-corrected chi connectivity index (χ2v) is 7.32. The third kappa shape index (κ3) is 4.22. The van der Waals surface area contributed by atoms with E-state index in [9.17, 15) is 14.3 Å². The summed E-state index contributed by atoms with van der Waals surface area (Å²) in [4.78, 5) is 12.4. The van der Waals surface area contributed by atoms with Crippen LogP contribution in [0.3, 0.4) is 0 Å². The first-order valence-electron chi connectivity index (χ1n) is 9.13. The first-order valence-corrected chi connectivity index (χ1v) is 9.54. The molecule has 0 radical (unpaired) electrons. The van der Waals surface area contributed by atoms with Crippen molar-refractivity contribution < 1.29 is 19.0 Å². The van der Waals surface area contributed by atoms with Crippen molar-refractivity contribution in [2.75, 3.05) is 13.2 Å². The Hall–Kier alpha value is -2.35. The fourth-order valence-corrected chi connectivity index (χ4v) is 4.02. The summed E-state index contributed by atoms with van der Waals surface area (Å²) in [6, 6.07) is 15.0. The third-order valence-corrected chi connectivity index (χ3v) is 5.28. The van der Waals surface area contributed by atoms with Crippen LogP contribution in [-0.4, -0.2) is 35.4 Å². The molecule has 0 bridgehead atoms. The minimum absolute atomic E-state index is 0.0493. The number of ether oxygens (including phenoxy) is 1. The van der Waals surface area contributed by atoms with Gasteiger partial charge in [-0.15, -0.1) is 0 Å². The summed E-state index contributed by atoms with van der Waals surface area (Å²) in [6.07, 6.45) is -0.211. The van der Waals surface area contributed by atoms with Gasteiger partial charge in [0.15, 0.2) is 5.11 Å². The Morgan fingerprint density at radius 2 is 1.93 bits per heavy atom. The van der Waals surface area contributed by atoms with Gasteiger partial charge in [0.05, 0.1) is 18.2 Å². The summed E-state index contributed by atoms with van der Waals surface area (Å²) in [6.45, 7) is 2.24. The number of amides is 1.